The molecule has 7 heteroatoms. The van der Waals surface area contributed by atoms with Crippen molar-refractivity contribution < 1.29 is 9.05 Å². The molecule has 0 bridgehead atoms. The van der Waals surface area contributed by atoms with Crippen molar-refractivity contribution >= 4 is 24.8 Å². The van der Waals surface area contributed by atoms with Gasteiger partial charge in [-0.25, -0.2) is 0 Å². The first-order valence-electron chi connectivity index (χ1n) is 5.12. The van der Waals surface area contributed by atoms with Gasteiger partial charge in [0.05, 0.1) is 19.1 Å². The van der Waals surface area contributed by atoms with Crippen LogP contribution in [-0.4, -0.2) is 36.9 Å². The van der Waals surface area contributed by atoms with E-state index in [0.29, 0.717) is 12.4 Å². The van der Waals surface area contributed by atoms with Crippen molar-refractivity contribution in [3.8, 4) is 5.75 Å². The van der Waals surface area contributed by atoms with Gasteiger partial charge in [0.25, 0.3) is 0 Å². The van der Waals surface area contributed by atoms with Crippen LogP contribution in [0.1, 0.15) is 6.92 Å². The van der Waals surface area contributed by atoms with Gasteiger partial charge < -0.3 is 13.9 Å². The molecule has 1 heterocycles. The fourth-order valence-corrected chi connectivity index (χ4v) is 2.85. The summed E-state index contributed by atoms with van der Waals surface area (Å²) in [5.74, 6) is 0.570. The monoisotopic (exact) mass is 273 g/mol. The average Bonchev–Trinajstić information content (AvgIpc) is 2.28. The van der Waals surface area contributed by atoms with Crippen LogP contribution in [-0.2, 0) is 16.3 Å². The molecule has 0 aliphatic heterocycles. The molecule has 0 saturated carbocycles. The van der Waals surface area contributed by atoms with Crippen LogP contribution in [0.2, 0.25) is 0 Å². The quantitative estimate of drug-likeness (QED) is 0.452. The van der Waals surface area contributed by atoms with Gasteiger partial charge in [-0.05, 0) is 19.1 Å². The van der Waals surface area contributed by atoms with E-state index in [4.69, 9.17) is 20.9 Å². The van der Waals surface area contributed by atoms with Crippen LogP contribution in [0.15, 0.2) is 29.3 Å². The van der Waals surface area contributed by atoms with Crippen molar-refractivity contribution in [2.75, 3.05) is 20.7 Å². The maximum Gasteiger partial charge on any atom is 0.362 e. The van der Waals surface area contributed by atoms with Gasteiger partial charge in [0.1, 0.15) is 5.75 Å². The summed E-state index contributed by atoms with van der Waals surface area (Å²) in [6, 6.07) is 3.55. The van der Waals surface area contributed by atoms with Gasteiger partial charge >= 0.3 is 6.64 Å². The lowest BCUT2D eigenvalue weighted by atomic mass is 10.5. The van der Waals surface area contributed by atoms with E-state index >= 15 is 0 Å². The third-order valence-corrected chi connectivity index (χ3v) is 3.81. The molecule has 1 aromatic heterocycles. The Kier molecular flexibility index (Phi) is 5.55. The zero-order chi connectivity index (χ0) is 12.7. The molecule has 0 radical (unpaired) electrons. The number of rotatable bonds is 6. The zero-order valence-corrected chi connectivity index (χ0v) is 11.8. The number of aromatic nitrogens is 1. The molecule has 0 amide bonds. The maximum absolute atomic E-state index is 5.61. The smallest absolute Gasteiger partial charge is 0.362 e. The molecule has 1 unspecified atom stereocenters. The van der Waals surface area contributed by atoms with Gasteiger partial charge in [-0.2, -0.15) is 4.76 Å². The Labute approximate surface area is 107 Å². The molecule has 0 aliphatic rings. The predicted octanol–water partition coefficient (Wildman–Crippen LogP) is 2.31. The van der Waals surface area contributed by atoms with Crippen LogP contribution in [0.5, 0.6) is 5.75 Å². The number of pyridine rings is 1. The SMILES string of the molecule is CCOP(=S)(/N=C/N(C)C)Oc1cccnc1. The topological polar surface area (TPSA) is 47.0 Å². The Morgan fingerprint density at radius 2 is 2.35 bits per heavy atom. The van der Waals surface area contributed by atoms with E-state index in [1.807, 2.05) is 21.0 Å². The molecule has 94 valence electrons. The van der Waals surface area contributed by atoms with Gasteiger partial charge in [0, 0.05) is 32.1 Å². The molecule has 0 fully saturated rings. The molecule has 1 atom stereocenters. The molecule has 1 rings (SSSR count). The minimum absolute atomic E-state index is 0.461. The van der Waals surface area contributed by atoms with Gasteiger partial charge in [0.2, 0.25) is 0 Å². The van der Waals surface area contributed by atoms with Crippen LogP contribution in [0.25, 0.3) is 0 Å². The molecule has 5 nitrogen and oxygen atoms in total. The van der Waals surface area contributed by atoms with Gasteiger partial charge in [-0.15, -0.1) is 0 Å². The standard InChI is InChI=1S/C10H16N3O2PS/c1-4-14-16(17,12-9-13(2)3)15-10-6-5-7-11-8-10/h5-9H,4H2,1-3H3/b12-9+. The maximum atomic E-state index is 5.61. The summed E-state index contributed by atoms with van der Waals surface area (Å²) in [5, 5.41) is 0. The summed E-state index contributed by atoms with van der Waals surface area (Å²) in [6.45, 7) is -0.353. The van der Waals surface area contributed by atoms with Crippen molar-refractivity contribution in [1.29, 1.82) is 0 Å². The first-order chi connectivity index (χ1) is 8.06. The van der Waals surface area contributed by atoms with Crippen LogP contribution < -0.4 is 4.52 Å². The lowest BCUT2D eigenvalue weighted by molar-refractivity contribution is 0.331. The van der Waals surface area contributed by atoms with E-state index in [-0.39, 0.29) is 0 Å². The average molecular weight is 273 g/mol. The zero-order valence-electron chi connectivity index (χ0n) is 10.1. The molecule has 0 spiro atoms. The van der Waals surface area contributed by atoms with Gasteiger partial charge in [0.15, 0.2) is 0 Å². The third kappa shape index (κ3) is 5.26. The van der Waals surface area contributed by atoms with Crippen molar-refractivity contribution in [3.05, 3.63) is 24.5 Å². The molecule has 1 aromatic rings. The Bertz CT molecular complexity index is 411. The van der Waals surface area contributed by atoms with Gasteiger partial charge in [-0.1, -0.05) is 0 Å². The van der Waals surface area contributed by atoms with Crippen LogP contribution in [0.3, 0.4) is 0 Å². The highest BCUT2D eigenvalue weighted by atomic mass is 32.5. The van der Waals surface area contributed by atoms with Crippen LogP contribution >= 0.6 is 6.64 Å². The number of hydrogen-bond acceptors (Lipinski definition) is 4. The van der Waals surface area contributed by atoms with E-state index < -0.39 is 6.64 Å². The molecule has 0 aliphatic carbocycles. The fourth-order valence-electron chi connectivity index (χ4n) is 0.947. The van der Waals surface area contributed by atoms with Crippen LogP contribution in [0, 0.1) is 0 Å². The van der Waals surface area contributed by atoms with E-state index in [2.05, 4.69) is 9.75 Å². The first kappa shape index (κ1) is 14.1. The highest BCUT2D eigenvalue weighted by Crippen LogP contribution is 2.49. The summed E-state index contributed by atoms with van der Waals surface area (Å²) < 4.78 is 15.2. The molecular formula is C10H16N3O2PS. The van der Waals surface area contributed by atoms with E-state index in [9.17, 15) is 0 Å². The lowest BCUT2D eigenvalue weighted by Crippen LogP contribution is -2.08. The van der Waals surface area contributed by atoms with E-state index in [1.165, 1.54) is 0 Å². The second-order valence-electron chi connectivity index (χ2n) is 3.36. The summed E-state index contributed by atoms with van der Waals surface area (Å²) in [7, 11) is 3.72. The Hall–Kier alpha value is -0.970. The Morgan fingerprint density at radius 1 is 1.59 bits per heavy atom. The summed E-state index contributed by atoms with van der Waals surface area (Å²) in [4.78, 5) is 5.74. The largest absolute Gasteiger partial charge is 0.426 e. The van der Waals surface area contributed by atoms with E-state index in [0.717, 1.165) is 0 Å². The second kappa shape index (κ2) is 6.69. The molecule has 0 saturated heterocycles. The Balaban J connectivity index is 2.82. The third-order valence-electron chi connectivity index (χ3n) is 1.57. The summed E-state index contributed by atoms with van der Waals surface area (Å²) in [5.41, 5.74) is 0. The minimum atomic E-state index is -2.67. The molecule has 0 aromatic carbocycles. The second-order valence-corrected chi connectivity index (χ2v) is 6.35. The van der Waals surface area contributed by atoms with Crippen molar-refractivity contribution in [3.63, 3.8) is 0 Å². The normalized spacial score (nSPS) is 14.5. The predicted molar refractivity (Wildman–Crippen MR) is 73.0 cm³/mol. The molecular weight excluding hydrogens is 257 g/mol. The fraction of sp³-hybridized carbons (Fsp3) is 0.400. The summed E-state index contributed by atoms with van der Waals surface area (Å²) >= 11 is 5.32. The lowest BCUT2D eigenvalue weighted by Gasteiger charge is -2.18. The highest BCUT2D eigenvalue weighted by Gasteiger charge is 2.18. The minimum Gasteiger partial charge on any atom is -0.426 e. The van der Waals surface area contributed by atoms with E-state index in [1.54, 1.807) is 35.8 Å². The highest BCUT2D eigenvalue weighted by molar-refractivity contribution is 8.09. The summed E-state index contributed by atoms with van der Waals surface area (Å²) in [6.07, 6.45) is 4.86. The van der Waals surface area contributed by atoms with Crippen molar-refractivity contribution in [2.45, 2.75) is 6.92 Å². The first-order valence-corrected chi connectivity index (χ1v) is 7.71. The number of hydrogen-bond donors (Lipinski definition) is 0. The number of nitrogens with zero attached hydrogens (tertiary/aromatic N) is 3. The van der Waals surface area contributed by atoms with Crippen molar-refractivity contribution in [1.82, 2.24) is 9.88 Å². The molecule has 0 N–H and O–H groups in total. The Morgan fingerprint density at radius 3 is 2.88 bits per heavy atom. The van der Waals surface area contributed by atoms with Crippen molar-refractivity contribution in [2.24, 2.45) is 4.76 Å². The van der Waals surface area contributed by atoms with Crippen LogP contribution in [0.4, 0.5) is 0 Å². The van der Waals surface area contributed by atoms with Gasteiger partial charge in [-0.3, -0.25) is 4.98 Å². The molecule has 17 heavy (non-hydrogen) atoms.